The predicted octanol–water partition coefficient (Wildman–Crippen LogP) is 6.28. The van der Waals surface area contributed by atoms with Gasteiger partial charge in [-0.15, -0.1) is 0 Å². The van der Waals surface area contributed by atoms with E-state index < -0.39 is 24.1 Å². The average molecular weight is 357 g/mol. The van der Waals surface area contributed by atoms with Crippen LogP contribution in [0.25, 0.3) is 11.1 Å². The van der Waals surface area contributed by atoms with Crippen LogP contribution in [-0.4, -0.2) is 6.61 Å². The summed E-state index contributed by atoms with van der Waals surface area (Å²) in [5.41, 5.74) is -1.31. The van der Waals surface area contributed by atoms with Crippen molar-refractivity contribution in [2.45, 2.75) is 12.8 Å². The molecule has 0 saturated heterocycles. The monoisotopic (exact) mass is 356 g/mol. The Labute approximate surface area is 132 Å². The summed E-state index contributed by atoms with van der Waals surface area (Å²) in [6.45, 7) is -3.15. The first kappa shape index (κ1) is 16.8. The van der Waals surface area contributed by atoms with Gasteiger partial charge in [0.1, 0.15) is 5.75 Å². The fourth-order valence-electron chi connectivity index (χ4n) is 1.89. The molecule has 0 saturated carbocycles. The molecule has 2 aromatic rings. The van der Waals surface area contributed by atoms with E-state index in [1.165, 1.54) is 18.2 Å². The van der Waals surface area contributed by atoms with Crippen molar-refractivity contribution in [3.05, 3.63) is 52.0 Å². The summed E-state index contributed by atoms with van der Waals surface area (Å²) < 4.78 is 67.8. The zero-order chi connectivity index (χ0) is 16.5. The van der Waals surface area contributed by atoms with E-state index in [9.17, 15) is 22.0 Å². The highest BCUT2D eigenvalue weighted by Crippen LogP contribution is 2.40. The lowest BCUT2D eigenvalue weighted by Gasteiger charge is -2.15. The summed E-state index contributed by atoms with van der Waals surface area (Å²) in [4.78, 5) is 0. The first-order chi connectivity index (χ1) is 10.2. The van der Waals surface area contributed by atoms with Gasteiger partial charge in [0.25, 0.3) is 0 Å². The number of hydrogen-bond acceptors (Lipinski definition) is 1. The number of halogens is 7. The molecule has 0 N–H and O–H groups in total. The van der Waals surface area contributed by atoms with Crippen molar-refractivity contribution < 1.29 is 26.7 Å². The molecule has 0 aromatic heterocycles. The third-order valence-corrected chi connectivity index (χ3v) is 3.13. The van der Waals surface area contributed by atoms with Gasteiger partial charge < -0.3 is 4.74 Å². The molecule has 118 valence electrons. The molecule has 0 aliphatic heterocycles. The Morgan fingerprint density at radius 1 is 0.909 bits per heavy atom. The Kier molecular flexibility index (Phi) is 4.82. The van der Waals surface area contributed by atoms with E-state index in [0.29, 0.717) is 6.07 Å². The molecule has 0 unspecified atom stereocenters. The van der Waals surface area contributed by atoms with Crippen LogP contribution in [-0.2, 0) is 6.18 Å². The van der Waals surface area contributed by atoms with Gasteiger partial charge in [0, 0.05) is 10.0 Å². The third kappa shape index (κ3) is 4.01. The van der Waals surface area contributed by atoms with Crippen molar-refractivity contribution in [1.82, 2.24) is 0 Å². The Hall–Kier alpha value is -1.53. The molecule has 0 fully saturated rings. The van der Waals surface area contributed by atoms with E-state index in [1.807, 2.05) is 0 Å². The minimum absolute atomic E-state index is 0.0459. The zero-order valence-corrected chi connectivity index (χ0v) is 12.1. The van der Waals surface area contributed by atoms with Crippen molar-refractivity contribution in [2.75, 3.05) is 0 Å². The van der Waals surface area contributed by atoms with Gasteiger partial charge in [-0.05, 0) is 47.5 Å². The van der Waals surface area contributed by atoms with Gasteiger partial charge in [-0.2, -0.15) is 22.0 Å². The van der Waals surface area contributed by atoms with Crippen LogP contribution < -0.4 is 4.74 Å². The zero-order valence-electron chi connectivity index (χ0n) is 10.6. The number of ether oxygens (including phenoxy) is 1. The Balaban J connectivity index is 2.63. The van der Waals surface area contributed by atoms with Crippen LogP contribution in [0, 0.1) is 0 Å². The van der Waals surface area contributed by atoms with E-state index >= 15 is 0 Å². The highest BCUT2D eigenvalue weighted by atomic mass is 35.5. The summed E-state index contributed by atoms with van der Waals surface area (Å²) >= 11 is 11.5. The van der Waals surface area contributed by atoms with E-state index in [-0.39, 0.29) is 21.2 Å². The maximum atomic E-state index is 13.1. The van der Waals surface area contributed by atoms with Crippen LogP contribution in [0.5, 0.6) is 5.75 Å². The smallest absolute Gasteiger partial charge is 0.417 e. The van der Waals surface area contributed by atoms with Gasteiger partial charge in [-0.25, -0.2) is 0 Å². The highest BCUT2D eigenvalue weighted by Gasteiger charge is 2.34. The lowest BCUT2D eigenvalue weighted by molar-refractivity contribution is -0.137. The molecule has 0 aliphatic carbocycles. The van der Waals surface area contributed by atoms with Gasteiger partial charge in [0.2, 0.25) is 0 Å². The number of benzene rings is 2. The summed E-state index contributed by atoms with van der Waals surface area (Å²) in [6, 6.07) is 6.22. The maximum Gasteiger partial charge on any atom is 0.417 e. The van der Waals surface area contributed by atoms with Gasteiger partial charge in [-0.3, -0.25) is 0 Å². The lowest BCUT2D eigenvalue weighted by atomic mass is 9.99. The first-order valence-electron chi connectivity index (χ1n) is 5.79. The second-order valence-corrected chi connectivity index (χ2v) is 5.11. The Morgan fingerprint density at radius 3 is 2.00 bits per heavy atom. The quantitative estimate of drug-likeness (QED) is 0.588. The number of rotatable bonds is 3. The minimum Gasteiger partial charge on any atom is -0.435 e. The molecule has 1 nitrogen and oxygen atoms in total. The second kappa shape index (κ2) is 6.30. The molecule has 0 amide bonds. The molecule has 2 rings (SSSR count). The summed E-state index contributed by atoms with van der Waals surface area (Å²) in [6.07, 6.45) is -4.67. The topological polar surface area (TPSA) is 9.23 Å². The molecule has 0 heterocycles. The van der Waals surface area contributed by atoms with E-state index in [4.69, 9.17) is 23.2 Å². The predicted molar refractivity (Wildman–Crippen MR) is 73.5 cm³/mol. The molecular weight excluding hydrogens is 350 g/mol. The molecular formula is C14H7Cl2F5O. The maximum absolute atomic E-state index is 13.1. The Bertz CT molecular complexity index is 665. The van der Waals surface area contributed by atoms with Crippen molar-refractivity contribution in [2.24, 2.45) is 0 Å². The Morgan fingerprint density at radius 2 is 1.50 bits per heavy atom. The van der Waals surface area contributed by atoms with Crippen LogP contribution in [0.3, 0.4) is 0 Å². The SMILES string of the molecule is FC(F)Oc1ccc(C(F)(F)F)c(-c2cc(Cl)cc(Cl)c2)c1. The lowest BCUT2D eigenvalue weighted by Crippen LogP contribution is -2.08. The van der Waals surface area contributed by atoms with Crippen LogP contribution in [0.2, 0.25) is 10.0 Å². The van der Waals surface area contributed by atoms with Gasteiger partial charge >= 0.3 is 12.8 Å². The largest absolute Gasteiger partial charge is 0.435 e. The van der Waals surface area contributed by atoms with Gasteiger partial charge in [0.05, 0.1) is 5.56 Å². The third-order valence-electron chi connectivity index (χ3n) is 2.70. The van der Waals surface area contributed by atoms with Crippen molar-refractivity contribution in [1.29, 1.82) is 0 Å². The fraction of sp³-hybridized carbons (Fsp3) is 0.143. The first-order valence-corrected chi connectivity index (χ1v) is 6.55. The normalized spacial score (nSPS) is 11.8. The summed E-state index contributed by atoms with van der Waals surface area (Å²) in [5.74, 6) is -0.394. The van der Waals surface area contributed by atoms with Crippen LogP contribution in [0.4, 0.5) is 22.0 Å². The molecule has 0 bridgehead atoms. The minimum atomic E-state index is -4.67. The van der Waals surface area contributed by atoms with Crippen LogP contribution in [0.1, 0.15) is 5.56 Å². The van der Waals surface area contributed by atoms with Crippen LogP contribution >= 0.6 is 23.2 Å². The number of alkyl halides is 5. The fourth-order valence-corrected chi connectivity index (χ4v) is 2.42. The van der Waals surface area contributed by atoms with Crippen molar-refractivity contribution >= 4 is 23.2 Å². The van der Waals surface area contributed by atoms with E-state index in [0.717, 1.165) is 12.1 Å². The van der Waals surface area contributed by atoms with Gasteiger partial charge in [0.15, 0.2) is 0 Å². The average Bonchev–Trinajstić information content (AvgIpc) is 2.35. The van der Waals surface area contributed by atoms with E-state index in [2.05, 4.69) is 4.74 Å². The standard InChI is InChI=1S/C14H7Cl2F5O/c15-8-3-7(4-9(16)5-8)11-6-10(22-13(17)18)1-2-12(11)14(19,20)21/h1-6,13H. The summed E-state index contributed by atoms with van der Waals surface area (Å²) in [7, 11) is 0. The molecule has 22 heavy (non-hydrogen) atoms. The molecule has 0 spiro atoms. The molecule has 0 atom stereocenters. The highest BCUT2D eigenvalue weighted by molar-refractivity contribution is 6.35. The van der Waals surface area contributed by atoms with Crippen molar-refractivity contribution in [3.63, 3.8) is 0 Å². The van der Waals surface area contributed by atoms with Crippen LogP contribution in [0.15, 0.2) is 36.4 Å². The number of hydrogen-bond donors (Lipinski definition) is 0. The van der Waals surface area contributed by atoms with E-state index in [1.54, 1.807) is 0 Å². The second-order valence-electron chi connectivity index (χ2n) is 4.24. The van der Waals surface area contributed by atoms with Crippen molar-refractivity contribution in [3.8, 4) is 16.9 Å². The molecule has 0 aliphatic rings. The summed E-state index contributed by atoms with van der Waals surface area (Å²) in [5, 5.41) is 0.242. The molecule has 2 aromatic carbocycles. The van der Waals surface area contributed by atoms with Gasteiger partial charge in [-0.1, -0.05) is 23.2 Å². The molecule has 8 heteroatoms. The molecule has 0 radical (unpaired) electrons.